The van der Waals surface area contributed by atoms with Crippen molar-refractivity contribution in [2.45, 2.75) is 31.6 Å². The molecule has 4 nitrogen and oxygen atoms in total. The molecule has 0 aromatic carbocycles. The van der Waals surface area contributed by atoms with Crippen LogP contribution in [0, 0.1) is 5.41 Å². The summed E-state index contributed by atoms with van der Waals surface area (Å²) in [7, 11) is 1.39. The third-order valence-corrected chi connectivity index (χ3v) is 4.62. The lowest BCUT2D eigenvalue weighted by Gasteiger charge is -2.21. The first-order valence-electron chi connectivity index (χ1n) is 6.98. The first-order valence-corrected chi connectivity index (χ1v) is 6.98. The molecule has 102 valence electrons. The summed E-state index contributed by atoms with van der Waals surface area (Å²) in [5.74, 6) is 0.140. The lowest BCUT2D eigenvalue weighted by Crippen LogP contribution is -2.20. The number of aromatic nitrogens is 1. The fourth-order valence-corrected chi connectivity index (χ4v) is 3.54. The SMILES string of the molecule is COC(=O)c1cccc(C2CCC3(CCNC3)C2)n1. The van der Waals surface area contributed by atoms with E-state index in [2.05, 4.69) is 10.3 Å². The normalized spacial score (nSPS) is 29.8. The Labute approximate surface area is 113 Å². The van der Waals surface area contributed by atoms with Crippen molar-refractivity contribution in [2.75, 3.05) is 20.2 Å². The minimum Gasteiger partial charge on any atom is -0.464 e. The van der Waals surface area contributed by atoms with Crippen LogP contribution in [-0.2, 0) is 4.74 Å². The lowest BCUT2D eigenvalue weighted by atomic mass is 9.84. The van der Waals surface area contributed by atoms with E-state index in [9.17, 15) is 4.79 Å². The molecule has 2 aliphatic rings. The van der Waals surface area contributed by atoms with Crippen molar-refractivity contribution in [3.8, 4) is 0 Å². The molecule has 1 aliphatic carbocycles. The zero-order chi connectivity index (χ0) is 13.3. The van der Waals surface area contributed by atoms with E-state index >= 15 is 0 Å². The van der Waals surface area contributed by atoms with Gasteiger partial charge in [-0.25, -0.2) is 9.78 Å². The maximum absolute atomic E-state index is 11.5. The number of methoxy groups -OCH3 is 1. The molecular formula is C15H20N2O2. The Morgan fingerprint density at radius 1 is 1.47 bits per heavy atom. The summed E-state index contributed by atoms with van der Waals surface area (Å²) in [5.41, 5.74) is 1.95. The molecule has 2 heterocycles. The van der Waals surface area contributed by atoms with Crippen LogP contribution in [0.2, 0.25) is 0 Å². The first-order chi connectivity index (χ1) is 9.22. The van der Waals surface area contributed by atoms with Crippen molar-refractivity contribution in [3.05, 3.63) is 29.6 Å². The van der Waals surface area contributed by atoms with E-state index in [1.165, 1.54) is 32.8 Å². The van der Waals surface area contributed by atoms with Gasteiger partial charge in [-0.05, 0) is 49.8 Å². The third kappa shape index (κ3) is 2.37. The number of pyridine rings is 1. The monoisotopic (exact) mass is 260 g/mol. The van der Waals surface area contributed by atoms with Gasteiger partial charge in [0.2, 0.25) is 0 Å². The Hall–Kier alpha value is -1.42. The zero-order valence-corrected chi connectivity index (χ0v) is 11.3. The van der Waals surface area contributed by atoms with Crippen LogP contribution in [0.25, 0.3) is 0 Å². The van der Waals surface area contributed by atoms with E-state index in [0.29, 0.717) is 17.0 Å². The molecule has 2 fully saturated rings. The molecular weight excluding hydrogens is 240 g/mol. The predicted molar refractivity (Wildman–Crippen MR) is 72.1 cm³/mol. The standard InChI is InChI=1S/C15H20N2O2/c1-19-14(18)13-4-2-3-12(17-13)11-5-6-15(9-11)7-8-16-10-15/h2-4,11,16H,5-10H2,1H3. The van der Waals surface area contributed by atoms with E-state index in [-0.39, 0.29) is 5.97 Å². The Balaban J connectivity index is 1.78. The average Bonchev–Trinajstić information content (AvgIpc) is 3.09. The zero-order valence-electron chi connectivity index (χ0n) is 11.3. The molecule has 1 spiro atoms. The van der Waals surface area contributed by atoms with Crippen LogP contribution in [0.5, 0.6) is 0 Å². The van der Waals surface area contributed by atoms with Crippen LogP contribution in [0.1, 0.15) is 47.8 Å². The van der Waals surface area contributed by atoms with Crippen molar-refractivity contribution in [2.24, 2.45) is 5.41 Å². The molecule has 3 rings (SSSR count). The molecule has 2 atom stereocenters. The molecule has 0 amide bonds. The van der Waals surface area contributed by atoms with Gasteiger partial charge in [0.05, 0.1) is 7.11 Å². The van der Waals surface area contributed by atoms with Gasteiger partial charge in [-0.15, -0.1) is 0 Å². The second kappa shape index (κ2) is 4.93. The Morgan fingerprint density at radius 2 is 2.37 bits per heavy atom. The minimum atomic E-state index is -0.350. The van der Waals surface area contributed by atoms with Gasteiger partial charge in [-0.1, -0.05) is 6.07 Å². The number of carbonyl (C=O) groups is 1. The number of hydrogen-bond donors (Lipinski definition) is 1. The fraction of sp³-hybridized carbons (Fsp3) is 0.600. The summed E-state index contributed by atoms with van der Waals surface area (Å²) in [6.07, 6.45) is 4.92. The lowest BCUT2D eigenvalue weighted by molar-refractivity contribution is 0.0593. The van der Waals surface area contributed by atoms with Gasteiger partial charge in [-0.3, -0.25) is 0 Å². The van der Waals surface area contributed by atoms with Crippen molar-refractivity contribution in [1.29, 1.82) is 0 Å². The Morgan fingerprint density at radius 3 is 3.11 bits per heavy atom. The number of hydrogen-bond acceptors (Lipinski definition) is 4. The maximum Gasteiger partial charge on any atom is 0.356 e. The minimum absolute atomic E-state index is 0.350. The smallest absolute Gasteiger partial charge is 0.356 e. The highest BCUT2D eigenvalue weighted by atomic mass is 16.5. The third-order valence-electron chi connectivity index (χ3n) is 4.62. The number of ether oxygens (including phenoxy) is 1. The molecule has 1 N–H and O–H groups in total. The van der Waals surface area contributed by atoms with Gasteiger partial charge in [0, 0.05) is 18.2 Å². The highest BCUT2D eigenvalue weighted by Gasteiger charge is 2.41. The molecule has 2 unspecified atom stereocenters. The van der Waals surface area contributed by atoms with Gasteiger partial charge in [-0.2, -0.15) is 0 Å². The summed E-state index contributed by atoms with van der Waals surface area (Å²) >= 11 is 0. The second-order valence-electron chi connectivity index (χ2n) is 5.81. The first kappa shape index (κ1) is 12.6. The van der Waals surface area contributed by atoms with E-state index < -0.39 is 0 Å². The summed E-state index contributed by atoms with van der Waals surface area (Å²) in [4.78, 5) is 16.0. The quantitative estimate of drug-likeness (QED) is 0.827. The highest BCUT2D eigenvalue weighted by Crippen LogP contribution is 2.49. The van der Waals surface area contributed by atoms with Gasteiger partial charge in [0.1, 0.15) is 5.69 Å². The molecule has 1 saturated carbocycles. The van der Waals surface area contributed by atoms with Crippen molar-refractivity contribution >= 4 is 5.97 Å². The van der Waals surface area contributed by atoms with E-state index in [1.54, 1.807) is 6.07 Å². The summed E-state index contributed by atoms with van der Waals surface area (Å²) in [5, 5.41) is 3.47. The van der Waals surface area contributed by atoms with Gasteiger partial charge >= 0.3 is 5.97 Å². The van der Waals surface area contributed by atoms with Crippen LogP contribution in [0.15, 0.2) is 18.2 Å². The van der Waals surface area contributed by atoms with Crippen molar-refractivity contribution < 1.29 is 9.53 Å². The van der Waals surface area contributed by atoms with E-state index in [0.717, 1.165) is 18.8 Å². The number of carbonyl (C=O) groups excluding carboxylic acids is 1. The molecule has 4 heteroatoms. The van der Waals surface area contributed by atoms with Crippen molar-refractivity contribution in [3.63, 3.8) is 0 Å². The fourth-order valence-electron chi connectivity index (χ4n) is 3.54. The van der Waals surface area contributed by atoms with Crippen LogP contribution in [0.4, 0.5) is 0 Å². The van der Waals surface area contributed by atoms with Crippen LogP contribution >= 0.6 is 0 Å². The topological polar surface area (TPSA) is 51.2 Å². The van der Waals surface area contributed by atoms with E-state index in [4.69, 9.17) is 4.74 Å². The molecule has 0 bridgehead atoms. The number of esters is 1. The van der Waals surface area contributed by atoms with Gasteiger partial charge < -0.3 is 10.1 Å². The average molecular weight is 260 g/mol. The van der Waals surface area contributed by atoms with Crippen LogP contribution in [0.3, 0.4) is 0 Å². The second-order valence-corrected chi connectivity index (χ2v) is 5.81. The summed E-state index contributed by atoms with van der Waals surface area (Å²) in [6.45, 7) is 2.28. The van der Waals surface area contributed by atoms with E-state index in [1.807, 2.05) is 12.1 Å². The van der Waals surface area contributed by atoms with Crippen LogP contribution in [-0.4, -0.2) is 31.2 Å². The van der Waals surface area contributed by atoms with Crippen LogP contribution < -0.4 is 5.32 Å². The molecule has 1 saturated heterocycles. The highest BCUT2D eigenvalue weighted by molar-refractivity contribution is 5.87. The predicted octanol–water partition coefficient (Wildman–Crippen LogP) is 2.12. The maximum atomic E-state index is 11.5. The van der Waals surface area contributed by atoms with Gasteiger partial charge in [0.15, 0.2) is 0 Å². The Kier molecular flexibility index (Phi) is 3.27. The molecule has 1 aromatic rings. The number of rotatable bonds is 2. The number of nitrogens with zero attached hydrogens (tertiary/aromatic N) is 1. The summed E-state index contributed by atoms with van der Waals surface area (Å²) in [6, 6.07) is 5.67. The largest absolute Gasteiger partial charge is 0.464 e. The van der Waals surface area contributed by atoms with Gasteiger partial charge in [0.25, 0.3) is 0 Å². The molecule has 0 radical (unpaired) electrons. The number of nitrogens with one attached hydrogen (secondary N) is 1. The molecule has 19 heavy (non-hydrogen) atoms. The summed E-state index contributed by atoms with van der Waals surface area (Å²) < 4.78 is 4.74. The molecule has 1 aromatic heterocycles. The molecule has 1 aliphatic heterocycles. The Bertz CT molecular complexity index is 481. The van der Waals surface area contributed by atoms with Crippen molar-refractivity contribution in [1.82, 2.24) is 10.3 Å².